The number of halogens is 1. The number of anilines is 1. The SMILES string of the molecule is CC[C@]1(C(=O)O)O[C@@H]1C(=O)NC(Cc1cnc[nH]1)C(=O)Nc1nc2ccc(F)cc2s1. The number of aromatic amines is 1. The highest BCUT2D eigenvalue weighted by Gasteiger charge is 2.65. The second-order valence-corrected chi connectivity index (χ2v) is 8.04. The molecule has 31 heavy (non-hydrogen) atoms. The van der Waals surface area contributed by atoms with Gasteiger partial charge in [-0.2, -0.15) is 0 Å². The van der Waals surface area contributed by atoms with Crippen LogP contribution in [0.4, 0.5) is 9.52 Å². The maximum Gasteiger partial charge on any atom is 0.339 e. The number of H-pyrrole nitrogens is 1. The van der Waals surface area contributed by atoms with Crippen LogP contribution in [0.1, 0.15) is 19.0 Å². The van der Waals surface area contributed by atoms with Gasteiger partial charge in [-0.3, -0.25) is 9.59 Å². The molecule has 0 bridgehead atoms. The Kier molecular flexibility index (Phi) is 5.41. The molecule has 0 spiro atoms. The van der Waals surface area contributed by atoms with E-state index in [1.54, 1.807) is 6.92 Å². The minimum Gasteiger partial charge on any atom is -0.479 e. The van der Waals surface area contributed by atoms with Crippen molar-refractivity contribution in [2.75, 3.05) is 5.32 Å². The number of nitrogens with one attached hydrogen (secondary N) is 3. The quantitative estimate of drug-likeness (QED) is 0.382. The van der Waals surface area contributed by atoms with Gasteiger partial charge in [-0.1, -0.05) is 18.3 Å². The van der Waals surface area contributed by atoms with Gasteiger partial charge >= 0.3 is 5.97 Å². The number of ether oxygens (including phenoxy) is 1. The van der Waals surface area contributed by atoms with Gasteiger partial charge in [-0.15, -0.1) is 0 Å². The molecule has 1 saturated heterocycles. The molecular formula is C19H18FN5O5S. The summed E-state index contributed by atoms with van der Waals surface area (Å²) in [4.78, 5) is 47.9. The van der Waals surface area contributed by atoms with E-state index in [9.17, 15) is 23.9 Å². The van der Waals surface area contributed by atoms with Crippen molar-refractivity contribution in [3.63, 3.8) is 0 Å². The summed E-state index contributed by atoms with van der Waals surface area (Å²) in [5.74, 6) is -2.91. The number of carbonyl (C=O) groups is 3. The van der Waals surface area contributed by atoms with E-state index in [0.717, 1.165) is 11.3 Å². The number of hydrogen-bond acceptors (Lipinski definition) is 7. The molecule has 3 aromatic rings. The first-order chi connectivity index (χ1) is 14.8. The van der Waals surface area contributed by atoms with Crippen LogP contribution in [0.25, 0.3) is 10.2 Å². The van der Waals surface area contributed by atoms with Gasteiger partial charge in [0.25, 0.3) is 5.91 Å². The van der Waals surface area contributed by atoms with Crippen molar-refractivity contribution in [2.24, 2.45) is 0 Å². The molecule has 1 aliphatic rings. The third kappa shape index (κ3) is 4.11. The van der Waals surface area contributed by atoms with Crippen LogP contribution in [-0.4, -0.2) is 55.6 Å². The Morgan fingerprint density at radius 1 is 1.42 bits per heavy atom. The van der Waals surface area contributed by atoms with Crippen molar-refractivity contribution in [3.8, 4) is 0 Å². The van der Waals surface area contributed by atoms with Gasteiger partial charge in [0.2, 0.25) is 11.5 Å². The normalized spacial score (nSPS) is 20.9. The van der Waals surface area contributed by atoms with Gasteiger partial charge in [0.05, 0.1) is 16.5 Å². The number of aromatic nitrogens is 3. The first-order valence-corrected chi connectivity index (χ1v) is 10.2. The van der Waals surface area contributed by atoms with Crippen molar-refractivity contribution in [1.29, 1.82) is 0 Å². The Hall–Kier alpha value is -3.38. The summed E-state index contributed by atoms with van der Waals surface area (Å²) in [5, 5.41) is 14.7. The van der Waals surface area contributed by atoms with Gasteiger partial charge in [0, 0.05) is 18.3 Å². The van der Waals surface area contributed by atoms with Crippen LogP contribution in [-0.2, 0) is 25.5 Å². The molecule has 4 N–H and O–H groups in total. The summed E-state index contributed by atoms with van der Waals surface area (Å²) in [7, 11) is 0. The number of imidazole rings is 1. The van der Waals surface area contributed by atoms with Crippen LogP contribution in [0.2, 0.25) is 0 Å². The molecule has 1 fully saturated rings. The number of benzene rings is 1. The van der Waals surface area contributed by atoms with Crippen molar-refractivity contribution in [3.05, 3.63) is 42.2 Å². The predicted molar refractivity (Wildman–Crippen MR) is 108 cm³/mol. The molecule has 1 aromatic carbocycles. The number of hydrogen-bond donors (Lipinski definition) is 4. The first-order valence-electron chi connectivity index (χ1n) is 9.38. The molecule has 0 aliphatic carbocycles. The summed E-state index contributed by atoms with van der Waals surface area (Å²) < 4.78 is 19.1. The van der Waals surface area contributed by atoms with Crippen LogP contribution < -0.4 is 10.6 Å². The highest BCUT2D eigenvalue weighted by molar-refractivity contribution is 7.22. The number of amides is 2. The average molecular weight is 447 g/mol. The fraction of sp³-hybridized carbons (Fsp3) is 0.316. The number of epoxide rings is 1. The predicted octanol–water partition coefficient (Wildman–Crippen LogP) is 1.46. The molecule has 1 unspecified atom stereocenters. The third-order valence-corrected chi connectivity index (χ3v) is 5.95. The van der Waals surface area contributed by atoms with Gasteiger partial charge < -0.3 is 25.5 Å². The van der Waals surface area contributed by atoms with E-state index in [2.05, 4.69) is 25.6 Å². The lowest BCUT2D eigenvalue weighted by Crippen LogP contribution is -2.48. The topological polar surface area (TPSA) is 150 Å². The molecule has 3 atom stereocenters. The zero-order valence-electron chi connectivity index (χ0n) is 16.2. The minimum atomic E-state index is -1.57. The fourth-order valence-electron chi connectivity index (χ4n) is 3.24. The van der Waals surface area contributed by atoms with Gasteiger partial charge in [-0.05, 0) is 24.6 Å². The molecule has 1 aliphatic heterocycles. The average Bonchev–Trinajstić information content (AvgIpc) is 3.04. The Balaban J connectivity index is 1.50. The number of fused-ring (bicyclic) bond motifs is 1. The second-order valence-electron chi connectivity index (χ2n) is 7.01. The Labute approximate surface area is 178 Å². The number of nitrogens with zero attached hydrogens (tertiary/aromatic N) is 2. The number of carboxylic acid groups (broad SMARTS) is 1. The van der Waals surface area contributed by atoms with Crippen molar-refractivity contribution in [2.45, 2.75) is 37.5 Å². The smallest absolute Gasteiger partial charge is 0.339 e. The number of rotatable bonds is 8. The van der Waals surface area contributed by atoms with Crippen LogP contribution in [0.5, 0.6) is 0 Å². The maximum atomic E-state index is 13.4. The molecule has 0 saturated carbocycles. The van der Waals surface area contributed by atoms with E-state index in [0.29, 0.717) is 15.9 Å². The zero-order chi connectivity index (χ0) is 22.2. The van der Waals surface area contributed by atoms with E-state index in [-0.39, 0.29) is 18.0 Å². The molecule has 162 valence electrons. The molecule has 0 radical (unpaired) electrons. The molecule has 3 heterocycles. The first kappa shape index (κ1) is 20.9. The number of aliphatic carboxylic acids is 1. The van der Waals surface area contributed by atoms with Crippen LogP contribution >= 0.6 is 11.3 Å². The third-order valence-electron chi connectivity index (χ3n) is 5.01. The minimum absolute atomic E-state index is 0.0794. The monoisotopic (exact) mass is 447 g/mol. The van der Waals surface area contributed by atoms with Crippen LogP contribution in [0.3, 0.4) is 0 Å². The highest BCUT2D eigenvalue weighted by Crippen LogP contribution is 2.40. The van der Waals surface area contributed by atoms with E-state index in [1.165, 1.54) is 30.7 Å². The van der Waals surface area contributed by atoms with Crippen molar-refractivity contribution < 1.29 is 28.6 Å². The largest absolute Gasteiger partial charge is 0.479 e. The van der Waals surface area contributed by atoms with Crippen molar-refractivity contribution in [1.82, 2.24) is 20.3 Å². The lowest BCUT2D eigenvalue weighted by atomic mass is 10.0. The zero-order valence-corrected chi connectivity index (χ0v) is 17.0. The molecule has 10 nitrogen and oxygen atoms in total. The second kappa shape index (κ2) is 8.04. The van der Waals surface area contributed by atoms with Gasteiger partial charge in [-0.25, -0.2) is 19.2 Å². The fourth-order valence-corrected chi connectivity index (χ4v) is 4.14. The molecule has 2 amide bonds. The summed E-state index contributed by atoms with van der Waals surface area (Å²) in [5.41, 5.74) is -0.462. The van der Waals surface area contributed by atoms with E-state index in [4.69, 9.17) is 4.74 Å². The molecule has 4 rings (SSSR count). The van der Waals surface area contributed by atoms with Crippen LogP contribution in [0.15, 0.2) is 30.7 Å². The molecule has 2 aromatic heterocycles. The van der Waals surface area contributed by atoms with Crippen LogP contribution in [0, 0.1) is 5.82 Å². The number of carbonyl (C=O) groups excluding carboxylic acids is 2. The van der Waals surface area contributed by atoms with Crippen molar-refractivity contribution >= 4 is 44.5 Å². The standard InChI is InChI=1S/C19H18FN5O5S/c1-2-19(17(28)29)14(30-19)16(27)23-12(6-10-7-21-8-22-10)15(26)25-18-24-11-4-3-9(20)5-13(11)31-18/h3-5,7-8,12,14H,2,6H2,1H3,(H,21,22)(H,23,27)(H,28,29)(H,24,25,26)/t12?,14-,19+/m1/s1. The number of thiazole rings is 1. The van der Waals surface area contributed by atoms with E-state index < -0.39 is 41.3 Å². The van der Waals surface area contributed by atoms with E-state index >= 15 is 0 Å². The Morgan fingerprint density at radius 2 is 2.23 bits per heavy atom. The summed E-state index contributed by atoms with van der Waals surface area (Å²) in [6.07, 6.45) is 1.95. The summed E-state index contributed by atoms with van der Waals surface area (Å²) >= 11 is 1.09. The highest BCUT2D eigenvalue weighted by atomic mass is 32.1. The summed E-state index contributed by atoms with van der Waals surface area (Å²) in [6.45, 7) is 1.60. The molecule has 12 heteroatoms. The lowest BCUT2D eigenvalue weighted by Gasteiger charge is -2.17. The van der Waals surface area contributed by atoms with Gasteiger partial charge in [0.1, 0.15) is 11.9 Å². The molecular weight excluding hydrogens is 429 g/mol. The maximum absolute atomic E-state index is 13.4. The van der Waals surface area contributed by atoms with Gasteiger partial charge in [0.15, 0.2) is 11.2 Å². The Bertz CT molecular complexity index is 1150. The number of carboxylic acids is 1. The Morgan fingerprint density at radius 3 is 2.87 bits per heavy atom. The summed E-state index contributed by atoms with van der Waals surface area (Å²) in [6, 6.07) is 3.03. The lowest BCUT2D eigenvalue weighted by molar-refractivity contribution is -0.143. The van der Waals surface area contributed by atoms with E-state index in [1.807, 2.05) is 0 Å².